The SMILES string of the molecule is CCN(CC)S(=O)(=O)c1ccc(F)c(C(=O)O[C@@H](C)C(=O)N2CCCCCC2)c1. The van der Waals surface area contributed by atoms with E-state index in [1.807, 2.05) is 0 Å². The Morgan fingerprint density at radius 2 is 1.72 bits per heavy atom. The van der Waals surface area contributed by atoms with E-state index in [1.54, 1.807) is 18.7 Å². The van der Waals surface area contributed by atoms with Crippen molar-refractivity contribution in [2.45, 2.75) is 57.5 Å². The topological polar surface area (TPSA) is 84.0 Å². The lowest BCUT2D eigenvalue weighted by Gasteiger charge is -2.24. The van der Waals surface area contributed by atoms with Crippen LogP contribution in [0, 0.1) is 5.82 Å². The zero-order chi connectivity index (χ0) is 21.6. The van der Waals surface area contributed by atoms with Crippen LogP contribution in [0.4, 0.5) is 4.39 Å². The molecule has 1 amide bonds. The summed E-state index contributed by atoms with van der Waals surface area (Å²) in [7, 11) is -3.86. The Hall–Kier alpha value is -2.00. The highest BCUT2D eigenvalue weighted by Gasteiger charge is 2.28. The number of hydrogen-bond donors (Lipinski definition) is 0. The lowest BCUT2D eigenvalue weighted by Crippen LogP contribution is -2.40. The molecule has 1 fully saturated rings. The predicted molar refractivity (Wildman–Crippen MR) is 106 cm³/mol. The Balaban J connectivity index is 2.19. The number of carbonyl (C=O) groups excluding carboxylic acids is 2. The summed E-state index contributed by atoms with van der Waals surface area (Å²) in [4.78, 5) is 26.5. The van der Waals surface area contributed by atoms with Gasteiger partial charge in [0, 0.05) is 26.2 Å². The molecule has 1 heterocycles. The maximum absolute atomic E-state index is 14.2. The van der Waals surface area contributed by atoms with E-state index in [4.69, 9.17) is 4.74 Å². The lowest BCUT2D eigenvalue weighted by atomic mass is 10.2. The minimum atomic E-state index is -3.86. The van der Waals surface area contributed by atoms with Gasteiger partial charge in [0.25, 0.3) is 5.91 Å². The summed E-state index contributed by atoms with van der Waals surface area (Å²) in [5, 5.41) is 0. The van der Waals surface area contributed by atoms with Crippen molar-refractivity contribution in [2.75, 3.05) is 26.2 Å². The molecule has 1 saturated heterocycles. The molecule has 0 aromatic heterocycles. The van der Waals surface area contributed by atoms with Crippen LogP contribution >= 0.6 is 0 Å². The summed E-state index contributed by atoms with van der Waals surface area (Å²) < 4.78 is 45.9. The van der Waals surface area contributed by atoms with Crippen LogP contribution in [0.2, 0.25) is 0 Å². The molecule has 7 nitrogen and oxygen atoms in total. The third-order valence-corrected chi connectivity index (χ3v) is 7.10. The van der Waals surface area contributed by atoms with E-state index in [-0.39, 0.29) is 23.9 Å². The first-order chi connectivity index (χ1) is 13.7. The van der Waals surface area contributed by atoms with Crippen LogP contribution in [0.15, 0.2) is 23.1 Å². The van der Waals surface area contributed by atoms with Crippen molar-refractivity contribution >= 4 is 21.9 Å². The zero-order valence-corrected chi connectivity index (χ0v) is 18.0. The molecule has 29 heavy (non-hydrogen) atoms. The van der Waals surface area contributed by atoms with E-state index in [2.05, 4.69) is 0 Å². The molecule has 0 unspecified atom stereocenters. The van der Waals surface area contributed by atoms with E-state index < -0.39 is 33.5 Å². The highest BCUT2D eigenvalue weighted by atomic mass is 32.2. The minimum Gasteiger partial charge on any atom is -0.449 e. The van der Waals surface area contributed by atoms with E-state index in [0.29, 0.717) is 13.1 Å². The molecule has 0 saturated carbocycles. The smallest absolute Gasteiger partial charge is 0.341 e. The van der Waals surface area contributed by atoms with Gasteiger partial charge in [-0.25, -0.2) is 17.6 Å². The first kappa shape index (κ1) is 23.3. The van der Waals surface area contributed by atoms with E-state index in [9.17, 15) is 22.4 Å². The molecule has 0 aliphatic carbocycles. The third kappa shape index (κ3) is 5.54. The predicted octanol–water partition coefficient (Wildman–Crippen LogP) is 2.80. The quantitative estimate of drug-likeness (QED) is 0.624. The minimum absolute atomic E-state index is 0.193. The Bertz CT molecular complexity index is 831. The average Bonchev–Trinajstić information content (AvgIpc) is 2.97. The number of nitrogens with zero attached hydrogens (tertiary/aromatic N) is 2. The lowest BCUT2D eigenvalue weighted by molar-refractivity contribution is -0.139. The van der Waals surface area contributed by atoms with Crippen molar-refractivity contribution in [3.05, 3.63) is 29.6 Å². The largest absolute Gasteiger partial charge is 0.449 e. The van der Waals surface area contributed by atoms with Crippen molar-refractivity contribution in [3.63, 3.8) is 0 Å². The van der Waals surface area contributed by atoms with Gasteiger partial charge in [-0.3, -0.25) is 4.79 Å². The fourth-order valence-corrected chi connectivity index (χ4v) is 4.84. The van der Waals surface area contributed by atoms with Gasteiger partial charge >= 0.3 is 5.97 Å². The van der Waals surface area contributed by atoms with E-state index in [1.165, 1.54) is 11.2 Å². The first-order valence-electron chi connectivity index (χ1n) is 10.0. The summed E-state index contributed by atoms with van der Waals surface area (Å²) in [6.07, 6.45) is 2.81. The van der Waals surface area contributed by atoms with E-state index >= 15 is 0 Å². The Kier molecular flexibility index (Phi) is 8.15. The highest BCUT2D eigenvalue weighted by molar-refractivity contribution is 7.89. The second kappa shape index (κ2) is 10.2. The van der Waals surface area contributed by atoms with Gasteiger partial charge in [-0.15, -0.1) is 0 Å². The molecule has 1 aliphatic rings. The molecule has 1 aromatic carbocycles. The standard InChI is InChI=1S/C20H29FN2O5S/c1-4-23(5-2)29(26,27)16-10-11-18(21)17(14-16)20(25)28-15(3)19(24)22-12-8-6-7-9-13-22/h10-11,14-15H,4-9,12-13H2,1-3H3/t15-/m0/s1. The van der Waals surface area contributed by atoms with Gasteiger partial charge in [0.15, 0.2) is 6.10 Å². The van der Waals surface area contributed by atoms with Crippen molar-refractivity contribution in [2.24, 2.45) is 0 Å². The van der Waals surface area contributed by atoms with Gasteiger partial charge in [0.1, 0.15) is 5.82 Å². The number of rotatable bonds is 7. The van der Waals surface area contributed by atoms with Gasteiger partial charge in [-0.2, -0.15) is 4.31 Å². The molecule has 1 aliphatic heterocycles. The number of amides is 1. The van der Waals surface area contributed by atoms with Crippen molar-refractivity contribution in [1.82, 2.24) is 9.21 Å². The fourth-order valence-electron chi connectivity index (χ4n) is 3.36. The summed E-state index contributed by atoms with van der Waals surface area (Å²) >= 11 is 0. The Labute approximate surface area is 171 Å². The molecule has 9 heteroatoms. The number of halogens is 1. The van der Waals surface area contributed by atoms with Crippen LogP contribution in [0.3, 0.4) is 0 Å². The van der Waals surface area contributed by atoms with Gasteiger partial charge in [0.05, 0.1) is 10.5 Å². The second-order valence-corrected chi connectivity index (χ2v) is 8.96. The highest BCUT2D eigenvalue weighted by Crippen LogP contribution is 2.21. The van der Waals surface area contributed by atoms with Gasteiger partial charge in [-0.05, 0) is 38.0 Å². The van der Waals surface area contributed by atoms with Crippen LogP contribution in [0.1, 0.15) is 56.8 Å². The third-order valence-electron chi connectivity index (χ3n) is 5.05. The number of ether oxygens (including phenoxy) is 1. The number of sulfonamides is 1. The molecular formula is C20H29FN2O5S. The summed E-state index contributed by atoms with van der Waals surface area (Å²) in [5.41, 5.74) is -0.506. The van der Waals surface area contributed by atoms with Crippen LogP contribution in [0.5, 0.6) is 0 Å². The molecular weight excluding hydrogens is 399 g/mol. The molecule has 0 spiro atoms. The number of esters is 1. The van der Waals surface area contributed by atoms with E-state index in [0.717, 1.165) is 43.9 Å². The fraction of sp³-hybridized carbons (Fsp3) is 0.600. The Morgan fingerprint density at radius 3 is 2.28 bits per heavy atom. The van der Waals surface area contributed by atoms with Crippen molar-refractivity contribution < 1.29 is 27.1 Å². The number of hydrogen-bond acceptors (Lipinski definition) is 5. The Morgan fingerprint density at radius 1 is 1.14 bits per heavy atom. The van der Waals surface area contributed by atoms with Crippen LogP contribution < -0.4 is 0 Å². The summed E-state index contributed by atoms with van der Waals surface area (Å²) in [6.45, 7) is 6.53. The molecule has 0 N–H and O–H groups in total. The number of likely N-dealkylation sites (tertiary alicyclic amines) is 1. The van der Waals surface area contributed by atoms with Gasteiger partial charge < -0.3 is 9.64 Å². The monoisotopic (exact) mass is 428 g/mol. The number of benzene rings is 1. The van der Waals surface area contributed by atoms with Gasteiger partial charge in [0.2, 0.25) is 10.0 Å². The molecule has 0 bridgehead atoms. The molecule has 0 radical (unpaired) electrons. The van der Waals surface area contributed by atoms with Crippen molar-refractivity contribution in [1.29, 1.82) is 0 Å². The van der Waals surface area contributed by atoms with Crippen LogP contribution in [0.25, 0.3) is 0 Å². The van der Waals surface area contributed by atoms with Crippen LogP contribution in [-0.2, 0) is 19.6 Å². The van der Waals surface area contributed by atoms with Crippen molar-refractivity contribution in [3.8, 4) is 0 Å². The normalized spacial score (nSPS) is 16.4. The maximum atomic E-state index is 14.2. The summed E-state index contributed by atoms with van der Waals surface area (Å²) in [6, 6.07) is 3.01. The van der Waals surface area contributed by atoms with Crippen LogP contribution in [-0.4, -0.2) is 61.8 Å². The average molecular weight is 429 g/mol. The molecule has 162 valence electrons. The maximum Gasteiger partial charge on any atom is 0.341 e. The van der Waals surface area contributed by atoms with Gasteiger partial charge in [-0.1, -0.05) is 26.7 Å². The molecule has 1 atom stereocenters. The second-order valence-electron chi connectivity index (χ2n) is 7.02. The number of carbonyl (C=O) groups is 2. The molecule has 2 rings (SSSR count). The summed E-state index contributed by atoms with van der Waals surface area (Å²) in [5.74, 6) is -2.29. The zero-order valence-electron chi connectivity index (χ0n) is 17.2. The molecule has 1 aromatic rings. The first-order valence-corrected chi connectivity index (χ1v) is 11.5.